The van der Waals surface area contributed by atoms with Crippen molar-refractivity contribution in [1.82, 2.24) is 10.2 Å². The average molecular weight is 631 g/mol. The van der Waals surface area contributed by atoms with Crippen LogP contribution in [0.2, 0.25) is 10.0 Å². The van der Waals surface area contributed by atoms with Crippen LogP contribution in [0, 0.1) is 0 Å². The molecule has 1 N–H and O–H groups in total. The summed E-state index contributed by atoms with van der Waals surface area (Å²) in [6.45, 7) is 2.71. The first-order valence-corrected chi connectivity index (χ1v) is 14.7. The molecular formula is C28H28Cl2F3N3O4S. The van der Waals surface area contributed by atoms with E-state index in [2.05, 4.69) is 5.32 Å². The number of benzene rings is 3. The second-order valence-corrected chi connectivity index (χ2v) is 11.8. The second-order valence-electron chi connectivity index (χ2n) is 9.10. The van der Waals surface area contributed by atoms with Gasteiger partial charge in [0.15, 0.2) is 0 Å². The summed E-state index contributed by atoms with van der Waals surface area (Å²) < 4.78 is 69.1. The molecule has 2 amide bonds. The van der Waals surface area contributed by atoms with Gasteiger partial charge in [0, 0.05) is 18.1 Å². The Kier molecular flexibility index (Phi) is 10.7. The quantitative estimate of drug-likeness (QED) is 0.276. The van der Waals surface area contributed by atoms with Crippen LogP contribution in [0.25, 0.3) is 0 Å². The van der Waals surface area contributed by atoms with Gasteiger partial charge in [-0.2, -0.15) is 13.2 Å². The van der Waals surface area contributed by atoms with Crippen LogP contribution >= 0.6 is 23.2 Å². The molecule has 1 unspecified atom stereocenters. The molecule has 0 fully saturated rings. The van der Waals surface area contributed by atoms with Crippen molar-refractivity contribution < 1.29 is 31.2 Å². The molecular weight excluding hydrogens is 602 g/mol. The van der Waals surface area contributed by atoms with Crippen LogP contribution in [-0.4, -0.2) is 44.3 Å². The highest BCUT2D eigenvalue weighted by atomic mass is 35.5. The normalized spacial score (nSPS) is 12.5. The number of nitrogens with one attached hydrogen (secondary N) is 1. The number of sulfonamides is 1. The maximum Gasteiger partial charge on any atom is 0.417 e. The van der Waals surface area contributed by atoms with Crippen molar-refractivity contribution >= 4 is 50.7 Å². The molecule has 0 bridgehead atoms. The Balaban J connectivity index is 2.09. The number of rotatable bonds is 11. The first-order valence-electron chi connectivity index (χ1n) is 12.5. The Morgan fingerprint density at radius 2 is 1.61 bits per heavy atom. The van der Waals surface area contributed by atoms with E-state index in [0.717, 1.165) is 12.1 Å². The Morgan fingerprint density at radius 1 is 0.976 bits per heavy atom. The molecule has 7 nitrogen and oxygen atoms in total. The van der Waals surface area contributed by atoms with E-state index >= 15 is 0 Å². The Hall–Kier alpha value is -3.28. The van der Waals surface area contributed by atoms with Crippen molar-refractivity contribution in [3.8, 4) is 0 Å². The smallest absolute Gasteiger partial charge is 0.354 e. The largest absolute Gasteiger partial charge is 0.417 e. The van der Waals surface area contributed by atoms with Gasteiger partial charge in [-0.05, 0) is 61.4 Å². The summed E-state index contributed by atoms with van der Waals surface area (Å²) in [5, 5.41) is 2.53. The molecule has 3 rings (SSSR count). The standard InChI is InChI=1S/C28H28Cl2F3N3O4S/c1-3-15-34-27(38)19(2)35(17-20-9-11-21(29)12-10-20)26(37)18-36(41(39,40)23-7-5-4-6-8-23)22-13-14-25(30)24(16-22)28(31,32)33/h4-14,16,19H,3,15,17-18H2,1-2H3,(H,34,38). The summed E-state index contributed by atoms with van der Waals surface area (Å²) in [5.41, 5.74) is -1.09. The van der Waals surface area contributed by atoms with Gasteiger partial charge in [0.05, 0.1) is 21.2 Å². The molecule has 0 radical (unpaired) electrons. The first-order chi connectivity index (χ1) is 19.3. The highest BCUT2D eigenvalue weighted by Gasteiger charge is 2.36. The fraction of sp³-hybridized carbons (Fsp3) is 0.286. The van der Waals surface area contributed by atoms with Crippen LogP contribution in [-0.2, 0) is 32.3 Å². The molecule has 13 heteroatoms. The number of amides is 2. The molecule has 0 aromatic heterocycles. The second kappa shape index (κ2) is 13.6. The molecule has 220 valence electrons. The predicted octanol–water partition coefficient (Wildman–Crippen LogP) is 6.15. The zero-order valence-electron chi connectivity index (χ0n) is 22.2. The minimum absolute atomic E-state index is 0.0929. The highest BCUT2D eigenvalue weighted by Crippen LogP contribution is 2.38. The molecule has 0 heterocycles. The predicted molar refractivity (Wildman–Crippen MR) is 152 cm³/mol. The van der Waals surface area contributed by atoms with Gasteiger partial charge < -0.3 is 10.2 Å². The van der Waals surface area contributed by atoms with E-state index in [0.29, 0.717) is 33.9 Å². The maximum absolute atomic E-state index is 13.8. The van der Waals surface area contributed by atoms with E-state index in [9.17, 15) is 31.2 Å². The zero-order chi connectivity index (χ0) is 30.4. The van der Waals surface area contributed by atoms with Crippen LogP contribution in [0.15, 0.2) is 77.7 Å². The van der Waals surface area contributed by atoms with E-state index in [4.69, 9.17) is 23.2 Å². The van der Waals surface area contributed by atoms with Crippen LogP contribution < -0.4 is 9.62 Å². The van der Waals surface area contributed by atoms with Gasteiger partial charge >= 0.3 is 6.18 Å². The number of halogens is 5. The van der Waals surface area contributed by atoms with Crippen molar-refractivity contribution in [2.75, 3.05) is 17.4 Å². The van der Waals surface area contributed by atoms with Crippen molar-refractivity contribution in [2.45, 2.75) is 43.9 Å². The number of hydrogen-bond donors (Lipinski definition) is 1. The lowest BCUT2D eigenvalue weighted by Crippen LogP contribution is -2.51. The van der Waals surface area contributed by atoms with Crippen molar-refractivity contribution in [3.05, 3.63) is 94.0 Å². The number of carbonyl (C=O) groups is 2. The number of nitrogens with zero attached hydrogens (tertiary/aromatic N) is 2. The van der Waals surface area contributed by atoms with Crippen LogP contribution in [0.1, 0.15) is 31.4 Å². The SMILES string of the molecule is CCCNC(=O)C(C)N(Cc1ccc(Cl)cc1)C(=O)CN(c1ccc(Cl)c(C(F)(F)F)c1)S(=O)(=O)c1ccccc1. The van der Waals surface area contributed by atoms with Crippen molar-refractivity contribution in [1.29, 1.82) is 0 Å². The van der Waals surface area contributed by atoms with Crippen LogP contribution in [0.4, 0.5) is 18.9 Å². The zero-order valence-corrected chi connectivity index (χ0v) is 24.5. The highest BCUT2D eigenvalue weighted by molar-refractivity contribution is 7.92. The minimum atomic E-state index is -4.88. The maximum atomic E-state index is 13.8. The van der Waals surface area contributed by atoms with E-state index < -0.39 is 56.9 Å². The topological polar surface area (TPSA) is 86.8 Å². The molecule has 0 saturated carbocycles. The summed E-state index contributed by atoms with van der Waals surface area (Å²) in [5.74, 6) is -1.29. The number of anilines is 1. The average Bonchev–Trinajstić information content (AvgIpc) is 2.94. The van der Waals surface area contributed by atoms with Gasteiger partial charge in [-0.1, -0.05) is 60.5 Å². The fourth-order valence-corrected chi connectivity index (χ4v) is 5.68. The third kappa shape index (κ3) is 8.15. The van der Waals surface area contributed by atoms with E-state index in [1.54, 1.807) is 30.3 Å². The van der Waals surface area contributed by atoms with E-state index in [-0.39, 0.29) is 11.4 Å². The van der Waals surface area contributed by atoms with Gasteiger partial charge in [0.1, 0.15) is 12.6 Å². The van der Waals surface area contributed by atoms with Gasteiger partial charge in [-0.3, -0.25) is 13.9 Å². The summed E-state index contributed by atoms with van der Waals surface area (Å²) in [6.07, 6.45) is -4.24. The van der Waals surface area contributed by atoms with Gasteiger partial charge in [0.2, 0.25) is 11.8 Å². The molecule has 0 aliphatic carbocycles. The molecule has 0 aliphatic rings. The summed E-state index contributed by atoms with van der Waals surface area (Å²) >= 11 is 11.7. The third-order valence-corrected chi connectivity index (χ3v) is 8.51. The van der Waals surface area contributed by atoms with Gasteiger partial charge in [0.25, 0.3) is 10.0 Å². The van der Waals surface area contributed by atoms with Gasteiger partial charge in [-0.25, -0.2) is 8.42 Å². The van der Waals surface area contributed by atoms with Crippen LogP contribution in [0.5, 0.6) is 0 Å². The number of alkyl halides is 3. The Labute approximate surface area is 246 Å². The summed E-state index contributed by atoms with van der Waals surface area (Å²) in [6, 6.07) is 15.0. The number of hydrogen-bond acceptors (Lipinski definition) is 4. The molecule has 3 aromatic rings. The van der Waals surface area contributed by atoms with Crippen LogP contribution in [0.3, 0.4) is 0 Å². The van der Waals surface area contributed by atoms with E-state index in [1.165, 1.54) is 36.1 Å². The summed E-state index contributed by atoms with van der Waals surface area (Å²) in [7, 11) is -4.54. The molecule has 0 saturated heterocycles. The Bertz CT molecular complexity index is 1470. The molecule has 3 aromatic carbocycles. The molecule has 0 aliphatic heterocycles. The lowest BCUT2D eigenvalue weighted by Gasteiger charge is -2.32. The van der Waals surface area contributed by atoms with Crippen molar-refractivity contribution in [3.63, 3.8) is 0 Å². The lowest BCUT2D eigenvalue weighted by molar-refractivity contribution is -0.139. The molecule has 41 heavy (non-hydrogen) atoms. The Morgan fingerprint density at radius 3 is 2.20 bits per heavy atom. The fourth-order valence-electron chi connectivity index (χ4n) is 3.90. The number of carbonyl (C=O) groups excluding carboxylic acids is 2. The third-order valence-electron chi connectivity index (χ3n) is 6.14. The monoisotopic (exact) mass is 629 g/mol. The molecule has 1 atom stereocenters. The minimum Gasteiger partial charge on any atom is -0.354 e. The van der Waals surface area contributed by atoms with E-state index in [1.807, 2.05) is 6.92 Å². The van der Waals surface area contributed by atoms with Crippen molar-refractivity contribution in [2.24, 2.45) is 0 Å². The summed E-state index contributed by atoms with van der Waals surface area (Å²) in [4.78, 5) is 27.6. The lowest BCUT2D eigenvalue weighted by atomic mass is 10.1. The van der Waals surface area contributed by atoms with Gasteiger partial charge in [-0.15, -0.1) is 0 Å². The molecule has 0 spiro atoms. The first kappa shape index (κ1) is 32.2.